The van der Waals surface area contributed by atoms with E-state index in [9.17, 15) is 14.4 Å². The number of carboxylic acid groups (broad SMARTS) is 1. The normalized spacial score (nSPS) is 17.9. The van der Waals surface area contributed by atoms with Gasteiger partial charge in [0.1, 0.15) is 5.75 Å². The lowest BCUT2D eigenvalue weighted by atomic mass is 10.2. The summed E-state index contributed by atoms with van der Waals surface area (Å²) < 4.78 is 5.18. The minimum atomic E-state index is -1.05. The fourth-order valence-electron chi connectivity index (χ4n) is 1.47. The minimum Gasteiger partial charge on any atom is -0.479 e. The van der Waals surface area contributed by atoms with Crippen LogP contribution in [-0.2, 0) is 9.59 Å². The van der Waals surface area contributed by atoms with Crippen molar-refractivity contribution in [1.82, 2.24) is 5.32 Å². The molecule has 1 atom stereocenters. The highest BCUT2D eigenvalue weighted by molar-refractivity contribution is 8.18. The van der Waals surface area contributed by atoms with Crippen molar-refractivity contribution in [3.05, 3.63) is 34.7 Å². The Balaban J connectivity index is 2.09. The molecule has 7 heteroatoms. The Bertz CT molecular complexity index is 593. The van der Waals surface area contributed by atoms with Gasteiger partial charge in [-0.25, -0.2) is 4.79 Å². The first-order chi connectivity index (χ1) is 9.45. The summed E-state index contributed by atoms with van der Waals surface area (Å²) in [6.07, 6.45) is 0.642. The zero-order valence-electron chi connectivity index (χ0n) is 10.5. The average molecular weight is 293 g/mol. The fraction of sp³-hybridized carbons (Fsp3) is 0.154. The van der Waals surface area contributed by atoms with Crippen LogP contribution in [0.3, 0.4) is 0 Å². The molecular weight excluding hydrogens is 282 g/mol. The van der Waals surface area contributed by atoms with E-state index in [2.05, 4.69) is 5.32 Å². The molecule has 1 aromatic carbocycles. The molecule has 0 aromatic heterocycles. The Labute approximate surface area is 118 Å². The number of thioether (sulfide) groups is 1. The second-order valence-corrected chi connectivity index (χ2v) is 5.03. The van der Waals surface area contributed by atoms with Gasteiger partial charge in [0.15, 0.2) is 6.10 Å². The number of benzene rings is 1. The largest absolute Gasteiger partial charge is 0.479 e. The molecule has 1 saturated heterocycles. The molecule has 1 unspecified atom stereocenters. The summed E-state index contributed by atoms with van der Waals surface area (Å²) in [6, 6.07) is 6.55. The SMILES string of the molecule is CC(Oc1ccc(/C=C2/SC(=O)NC2=O)cc1)C(=O)O. The van der Waals surface area contributed by atoms with Gasteiger partial charge < -0.3 is 9.84 Å². The first kappa shape index (κ1) is 14.1. The van der Waals surface area contributed by atoms with E-state index in [0.29, 0.717) is 16.2 Å². The Hall–Kier alpha value is -2.28. The van der Waals surface area contributed by atoms with Gasteiger partial charge in [0.25, 0.3) is 11.1 Å². The summed E-state index contributed by atoms with van der Waals surface area (Å²) in [5.41, 5.74) is 0.715. The lowest BCUT2D eigenvalue weighted by Crippen LogP contribution is -2.22. The van der Waals surface area contributed by atoms with Crippen molar-refractivity contribution in [2.75, 3.05) is 0 Å². The molecular formula is C13H11NO5S. The van der Waals surface area contributed by atoms with E-state index < -0.39 is 23.2 Å². The van der Waals surface area contributed by atoms with Crippen LogP contribution in [0.15, 0.2) is 29.2 Å². The molecule has 6 nitrogen and oxygen atoms in total. The molecule has 2 amide bonds. The Morgan fingerprint density at radius 3 is 2.50 bits per heavy atom. The number of imide groups is 1. The minimum absolute atomic E-state index is 0.322. The number of carbonyl (C=O) groups excluding carboxylic acids is 2. The maximum absolute atomic E-state index is 11.4. The highest BCUT2D eigenvalue weighted by atomic mass is 32.2. The smallest absolute Gasteiger partial charge is 0.344 e. The van der Waals surface area contributed by atoms with Crippen LogP contribution < -0.4 is 10.1 Å². The number of hydrogen-bond donors (Lipinski definition) is 2. The van der Waals surface area contributed by atoms with Gasteiger partial charge in [-0.3, -0.25) is 14.9 Å². The molecule has 0 bridgehead atoms. The standard InChI is InChI=1S/C13H11NO5S/c1-7(12(16)17)19-9-4-2-8(3-5-9)6-10-11(15)14-13(18)20-10/h2-7H,1H3,(H,16,17)(H,14,15,18)/b10-6+. The number of rotatable bonds is 4. The summed E-state index contributed by atoms with van der Waals surface area (Å²) in [5, 5.41) is 10.5. The van der Waals surface area contributed by atoms with Crippen LogP contribution >= 0.6 is 11.8 Å². The molecule has 104 valence electrons. The van der Waals surface area contributed by atoms with Gasteiger partial charge in [0, 0.05) is 0 Å². The van der Waals surface area contributed by atoms with Crippen LogP contribution in [0.2, 0.25) is 0 Å². The quantitative estimate of drug-likeness (QED) is 0.823. The van der Waals surface area contributed by atoms with E-state index in [4.69, 9.17) is 9.84 Å². The number of nitrogens with one attached hydrogen (secondary N) is 1. The second kappa shape index (κ2) is 5.79. The third-order valence-corrected chi connectivity index (χ3v) is 3.29. The summed E-state index contributed by atoms with van der Waals surface area (Å²) in [4.78, 5) is 33.3. The number of hydrogen-bond acceptors (Lipinski definition) is 5. The maximum atomic E-state index is 11.4. The van der Waals surface area contributed by atoms with Crippen LogP contribution in [0.1, 0.15) is 12.5 Å². The average Bonchev–Trinajstić information content (AvgIpc) is 2.70. The van der Waals surface area contributed by atoms with Crippen LogP contribution in [0.25, 0.3) is 6.08 Å². The lowest BCUT2D eigenvalue weighted by Gasteiger charge is -2.10. The molecule has 0 aliphatic carbocycles. The van der Waals surface area contributed by atoms with Gasteiger partial charge >= 0.3 is 5.97 Å². The molecule has 0 radical (unpaired) electrons. The van der Waals surface area contributed by atoms with Crippen LogP contribution in [0, 0.1) is 0 Å². The van der Waals surface area contributed by atoms with E-state index in [-0.39, 0.29) is 0 Å². The van der Waals surface area contributed by atoms with E-state index in [1.165, 1.54) is 6.92 Å². The molecule has 1 heterocycles. The second-order valence-electron chi connectivity index (χ2n) is 4.02. The van der Waals surface area contributed by atoms with Gasteiger partial charge in [-0.05, 0) is 42.5 Å². The van der Waals surface area contributed by atoms with Crippen molar-refractivity contribution in [1.29, 1.82) is 0 Å². The fourth-order valence-corrected chi connectivity index (χ4v) is 2.15. The number of aliphatic carboxylic acids is 1. The number of amides is 2. The predicted octanol–water partition coefficient (Wildman–Crippen LogP) is 1.86. The van der Waals surface area contributed by atoms with E-state index >= 15 is 0 Å². The van der Waals surface area contributed by atoms with Crippen molar-refractivity contribution in [2.45, 2.75) is 13.0 Å². The van der Waals surface area contributed by atoms with E-state index in [0.717, 1.165) is 11.8 Å². The maximum Gasteiger partial charge on any atom is 0.344 e. The number of carbonyl (C=O) groups is 3. The molecule has 20 heavy (non-hydrogen) atoms. The van der Waals surface area contributed by atoms with Crippen LogP contribution in [-0.4, -0.2) is 28.3 Å². The molecule has 2 N–H and O–H groups in total. The summed E-state index contributed by atoms with van der Waals surface area (Å²) >= 11 is 0.840. The molecule has 1 aliphatic heterocycles. The molecule has 2 rings (SSSR count). The van der Waals surface area contributed by atoms with Crippen molar-refractivity contribution in [3.63, 3.8) is 0 Å². The summed E-state index contributed by atoms with van der Waals surface area (Å²) in [5.74, 6) is -1.05. The van der Waals surface area contributed by atoms with Gasteiger partial charge in [0.2, 0.25) is 0 Å². The third-order valence-electron chi connectivity index (χ3n) is 2.48. The van der Waals surface area contributed by atoms with Gasteiger partial charge in [-0.15, -0.1) is 0 Å². The van der Waals surface area contributed by atoms with E-state index in [1.54, 1.807) is 30.3 Å². The van der Waals surface area contributed by atoms with Gasteiger partial charge in [-0.2, -0.15) is 0 Å². The highest BCUT2D eigenvalue weighted by Gasteiger charge is 2.24. The van der Waals surface area contributed by atoms with Crippen molar-refractivity contribution in [3.8, 4) is 5.75 Å². The van der Waals surface area contributed by atoms with E-state index in [1.807, 2.05) is 0 Å². The summed E-state index contributed by atoms with van der Waals surface area (Å²) in [7, 11) is 0. The zero-order valence-corrected chi connectivity index (χ0v) is 11.3. The topological polar surface area (TPSA) is 92.7 Å². The highest BCUT2D eigenvalue weighted by Crippen LogP contribution is 2.26. The predicted molar refractivity (Wildman–Crippen MR) is 73.3 cm³/mol. The number of ether oxygens (including phenoxy) is 1. The molecule has 1 fully saturated rings. The molecule has 0 spiro atoms. The summed E-state index contributed by atoms with van der Waals surface area (Å²) in [6.45, 7) is 1.43. The molecule has 0 saturated carbocycles. The van der Waals surface area contributed by atoms with Crippen LogP contribution in [0.4, 0.5) is 4.79 Å². The van der Waals surface area contributed by atoms with Crippen molar-refractivity contribution >= 4 is 35.0 Å². The molecule has 1 aromatic rings. The zero-order chi connectivity index (χ0) is 14.7. The first-order valence-corrected chi connectivity index (χ1v) is 6.52. The van der Waals surface area contributed by atoms with Crippen LogP contribution in [0.5, 0.6) is 5.75 Å². The Kier molecular flexibility index (Phi) is 4.09. The third kappa shape index (κ3) is 3.39. The number of carboxylic acids is 1. The Morgan fingerprint density at radius 1 is 1.35 bits per heavy atom. The molecule has 1 aliphatic rings. The Morgan fingerprint density at radius 2 is 2.00 bits per heavy atom. The van der Waals surface area contributed by atoms with Gasteiger partial charge in [0.05, 0.1) is 4.91 Å². The van der Waals surface area contributed by atoms with Gasteiger partial charge in [-0.1, -0.05) is 12.1 Å². The monoisotopic (exact) mass is 293 g/mol. The first-order valence-electron chi connectivity index (χ1n) is 5.70. The lowest BCUT2D eigenvalue weighted by molar-refractivity contribution is -0.144. The van der Waals surface area contributed by atoms with Crippen molar-refractivity contribution < 1.29 is 24.2 Å². The van der Waals surface area contributed by atoms with Crippen molar-refractivity contribution in [2.24, 2.45) is 0 Å².